The number of carbonyl (C=O) groups excluding carboxylic acids is 2. The van der Waals surface area contributed by atoms with Gasteiger partial charge < -0.3 is 24.4 Å². The van der Waals surface area contributed by atoms with Crippen molar-refractivity contribution in [1.29, 1.82) is 0 Å². The predicted octanol–water partition coefficient (Wildman–Crippen LogP) is 5.22. The first-order chi connectivity index (χ1) is 24.4. The predicted molar refractivity (Wildman–Crippen MR) is 191 cm³/mol. The van der Waals surface area contributed by atoms with Gasteiger partial charge in [0.05, 0.1) is 59.5 Å². The molecular formula is C38H36N4O7S. The lowest BCUT2D eigenvalue weighted by atomic mass is 10.0. The molecule has 50 heavy (non-hydrogen) atoms. The number of anilines is 2. The Morgan fingerprint density at radius 3 is 2.12 bits per heavy atom. The Balaban J connectivity index is 1.11. The second-order valence-electron chi connectivity index (χ2n) is 11.9. The number of fused-ring (bicyclic) bond motifs is 1. The lowest BCUT2D eigenvalue weighted by Gasteiger charge is -2.31. The van der Waals surface area contributed by atoms with Crippen molar-refractivity contribution in [2.75, 3.05) is 69.4 Å². The number of hydrogen-bond donors (Lipinski definition) is 1. The monoisotopic (exact) mass is 692 g/mol. The number of morpholine rings is 2. The van der Waals surface area contributed by atoms with Crippen molar-refractivity contribution in [3.63, 3.8) is 0 Å². The van der Waals surface area contributed by atoms with Gasteiger partial charge in [0.15, 0.2) is 6.61 Å². The molecule has 0 spiro atoms. The molecule has 3 heterocycles. The van der Waals surface area contributed by atoms with Gasteiger partial charge >= 0.3 is 5.97 Å². The first-order valence-electron chi connectivity index (χ1n) is 16.4. The molecule has 0 aliphatic carbocycles. The van der Waals surface area contributed by atoms with Crippen LogP contribution in [0.4, 0.5) is 11.4 Å². The van der Waals surface area contributed by atoms with Crippen LogP contribution < -0.4 is 10.2 Å². The van der Waals surface area contributed by atoms with Gasteiger partial charge in [-0.15, -0.1) is 0 Å². The second kappa shape index (κ2) is 14.8. The molecule has 2 saturated heterocycles. The maximum Gasteiger partial charge on any atom is 0.339 e. The Kier molecular flexibility index (Phi) is 9.85. The third-order valence-corrected chi connectivity index (χ3v) is 10.7. The molecule has 0 radical (unpaired) electrons. The van der Waals surface area contributed by atoms with Crippen molar-refractivity contribution in [1.82, 2.24) is 9.29 Å². The van der Waals surface area contributed by atoms with Gasteiger partial charge in [0.25, 0.3) is 5.91 Å². The Morgan fingerprint density at radius 2 is 1.38 bits per heavy atom. The minimum Gasteiger partial charge on any atom is -0.452 e. The molecule has 0 saturated carbocycles. The van der Waals surface area contributed by atoms with Gasteiger partial charge in [0, 0.05) is 37.1 Å². The van der Waals surface area contributed by atoms with E-state index in [9.17, 15) is 18.0 Å². The molecule has 5 aromatic rings. The number of ether oxygens (including phenoxy) is 3. The Morgan fingerprint density at radius 1 is 0.740 bits per heavy atom. The van der Waals surface area contributed by atoms with E-state index in [1.165, 1.54) is 10.4 Å². The van der Waals surface area contributed by atoms with E-state index in [4.69, 9.17) is 19.2 Å². The van der Waals surface area contributed by atoms with E-state index in [0.717, 1.165) is 16.7 Å². The fourth-order valence-electron chi connectivity index (χ4n) is 6.14. The highest BCUT2D eigenvalue weighted by Crippen LogP contribution is 2.32. The van der Waals surface area contributed by atoms with Crippen LogP contribution >= 0.6 is 0 Å². The molecule has 11 nitrogen and oxygen atoms in total. The molecule has 7 rings (SSSR count). The first kappa shape index (κ1) is 33.4. The summed E-state index contributed by atoms with van der Waals surface area (Å²) in [6, 6.07) is 31.6. The number of nitrogens with zero attached hydrogens (tertiary/aromatic N) is 3. The van der Waals surface area contributed by atoms with Gasteiger partial charge in [-0.1, -0.05) is 72.8 Å². The van der Waals surface area contributed by atoms with Crippen molar-refractivity contribution < 1.29 is 32.2 Å². The van der Waals surface area contributed by atoms with Crippen molar-refractivity contribution in [2.45, 2.75) is 4.90 Å². The first-order valence-corrected chi connectivity index (χ1v) is 17.9. The fraction of sp³-hybridized carbons (Fsp3) is 0.237. The van der Waals surface area contributed by atoms with Crippen molar-refractivity contribution in [3.8, 4) is 22.4 Å². The normalized spacial score (nSPS) is 15.5. The van der Waals surface area contributed by atoms with E-state index in [2.05, 4.69) is 5.32 Å². The molecule has 1 aromatic heterocycles. The average Bonchev–Trinajstić information content (AvgIpc) is 3.17. The average molecular weight is 693 g/mol. The topological polar surface area (TPSA) is 127 Å². The van der Waals surface area contributed by atoms with Crippen LogP contribution in [0.15, 0.2) is 108 Å². The third kappa shape index (κ3) is 7.24. The standard InChI is InChI=1S/C38H36N4O7S/c43-37(40-35-24-30(50(45,46)42-18-22-48-23-19-42)14-15-36(35)41-16-20-47-21-17-41)26-49-38(44)32-25-34(39-33-9-5-4-8-31(32)33)29-12-10-28(11-13-29)27-6-2-1-3-7-27/h1-15,24-25H,16-23,26H2,(H,40,43). The van der Waals surface area contributed by atoms with Crippen LogP contribution in [-0.4, -0.2) is 88.8 Å². The number of aromatic nitrogens is 1. The van der Waals surface area contributed by atoms with E-state index in [1.54, 1.807) is 24.3 Å². The number of amides is 1. The zero-order chi connectivity index (χ0) is 34.5. The van der Waals surface area contributed by atoms with Crippen molar-refractivity contribution in [3.05, 3.63) is 109 Å². The molecule has 1 amide bonds. The molecule has 0 atom stereocenters. The molecular weight excluding hydrogens is 657 g/mol. The minimum atomic E-state index is -3.83. The third-order valence-electron chi connectivity index (χ3n) is 8.76. The van der Waals surface area contributed by atoms with Gasteiger partial charge in [-0.3, -0.25) is 4.79 Å². The van der Waals surface area contributed by atoms with E-state index in [0.29, 0.717) is 67.5 Å². The SMILES string of the molecule is O=C(COC(=O)c1cc(-c2ccc(-c3ccccc3)cc2)nc2ccccc12)Nc1cc(S(=O)(=O)N2CCOCC2)ccc1N1CCOCC1. The molecule has 0 bridgehead atoms. The fourth-order valence-corrected chi connectivity index (χ4v) is 7.58. The molecule has 4 aromatic carbocycles. The maximum absolute atomic E-state index is 13.6. The van der Waals surface area contributed by atoms with Crippen molar-refractivity contribution >= 4 is 44.2 Å². The summed E-state index contributed by atoms with van der Waals surface area (Å²) in [7, 11) is -3.83. The molecule has 256 valence electrons. The summed E-state index contributed by atoms with van der Waals surface area (Å²) in [5.74, 6) is -1.29. The number of benzene rings is 4. The van der Waals surface area contributed by atoms with Crippen LogP contribution in [0.2, 0.25) is 0 Å². The molecule has 1 N–H and O–H groups in total. The lowest BCUT2D eigenvalue weighted by molar-refractivity contribution is -0.119. The second-order valence-corrected chi connectivity index (χ2v) is 13.9. The lowest BCUT2D eigenvalue weighted by Crippen LogP contribution is -2.40. The van der Waals surface area contributed by atoms with E-state index >= 15 is 0 Å². The maximum atomic E-state index is 13.6. The van der Waals surface area contributed by atoms with Crippen LogP contribution in [0.5, 0.6) is 0 Å². The number of rotatable bonds is 9. The smallest absolute Gasteiger partial charge is 0.339 e. The molecule has 0 unspecified atom stereocenters. The van der Waals surface area contributed by atoms with Gasteiger partial charge in [-0.2, -0.15) is 4.31 Å². The van der Waals surface area contributed by atoms with Crippen LogP contribution in [-0.2, 0) is 29.0 Å². The van der Waals surface area contributed by atoms with Crippen molar-refractivity contribution in [2.24, 2.45) is 0 Å². The van der Waals surface area contributed by atoms with Crippen LogP contribution in [0.3, 0.4) is 0 Å². The quantitative estimate of drug-likeness (QED) is 0.207. The van der Waals surface area contributed by atoms with Gasteiger partial charge in [-0.25, -0.2) is 18.2 Å². The van der Waals surface area contributed by atoms with E-state index in [-0.39, 0.29) is 23.5 Å². The summed E-state index contributed by atoms with van der Waals surface area (Å²) in [6.45, 7) is 2.67. The number of hydrogen-bond acceptors (Lipinski definition) is 9. The van der Waals surface area contributed by atoms with Gasteiger partial charge in [0.1, 0.15) is 0 Å². The highest BCUT2D eigenvalue weighted by molar-refractivity contribution is 7.89. The largest absolute Gasteiger partial charge is 0.452 e. The summed E-state index contributed by atoms with van der Waals surface area (Å²) in [6.07, 6.45) is 0. The van der Waals surface area contributed by atoms with Crippen LogP contribution in [0.1, 0.15) is 10.4 Å². The van der Waals surface area contributed by atoms with E-state index in [1.807, 2.05) is 77.7 Å². The summed E-state index contributed by atoms with van der Waals surface area (Å²) in [5, 5.41) is 3.40. The Hall–Kier alpha value is -5.14. The summed E-state index contributed by atoms with van der Waals surface area (Å²) in [4.78, 5) is 33.8. The number of para-hydroxylation sites is 1. The Labute approximate surface area is 290 Å². The summed E-state index contributed by atoms with van der Waals surface area (Å²) in [5.41, 5.74) is 5.41. The molecule has 12 heteroatoms. The molecule has 2 aliphatic rings. The highest BCUT2D eigenvalue weighted by atomic mass is 32.2. The van der Waals surface area contributed by atoms with Gasteiger partial charge in [0.2, 0.25) is 10.0 Å². The summed E-state index contributed by atoms with van der Waals surface area (Å²) >= 11 is 0. The van der Waals surface area contributed by atoms with E-state index < -0.39 is 28.5 Å². The molecule has 2 fully saturated rings. The zero-order valence-electron chi connectivity index (χ0n) is 27.3. The van der Waals surface area contributed by atoms with Gasteiger partial charge in [-0.05, 0) is 41.5 Å². The minimum absolute atomic E-state index is 0.0521. The van der Waals surface area contributed by atoms with Crippen LogP contribution in [0, 0.1) is 0 Å². The molecule has 2 aliphatic heterocycles. The number of esters is 1. The highest BCUT2D eigenvalue weighted by Gasteiger charge is 2.28. The Bertz CT molecular complexity index is 2110. The zero-order valence-corrected chi connectivity index (χ0v) is 28.1. The number of carbonyl (C=O) groups is 2. The summed E-state index contributed by atoms with van der Waals surface area (Å²) < 4.78 is 44.7. The number of sulfonamides is 1. The van der Waals surface area contributed by atoms with Crippen LogP contribution in [0.25, 0.3) is 33.3 Å². The number of pyridine rings is 1. The number of nitrogens with one attached hydrogen (secondary N) is 1.